The van der Waals surface area contributed by atoms with Crippen LogP contribution in [0, 0.1) is 0 Å². The Morgan fingerprint density at radius 2 is 1.68 bits per heavy atom. The molecule has 1 aromatic heterocycles. The van der Waals surface area contributed by atoms with Crippen molar-refractivity contribution in [2.75, 3.05) is 26.3 Å². The van der Waals surface area contributed by atoms with Crippen molar-refractivity contribution in [2.45, 2.75) is 96.2 Å². The third kappa shape index (κ3) is 8.66. The first-order valence-electron chi connectivity index (χ1n) is 15.4. The third-order valence-corrected chi connectivity index (χ3v) is 9.95. The number of rotatable bonds is 10. The van der Waals surface area contributed by atoms with Gasteiger partial charge in [0.25, 0.3) is 0 Å². The van der Waals surface area contributed by atoms with Crippen molar-refractivity contribution in [3.8, 4) is 0 Å². The molecule has 10 heteroatoms. The number of alkyl halides is 3. The van der Waals surface area contributed by atoms with E-state index in [0.717, 1.165) is 11.6 Å². The Kier molecular flexibility index (Phi) is 10.3. The van der Waals surface area contributed by atoms with Crippen LogP contribution in [0.2, 0.25) is 25.7 Å². The molecule has 1 aliphatic rings. The summed E-state index contributed by atoms with van der Waals surface area (Å²) >= 11 is 0. The zero-order valence-corrected chi connectivity index (χ0v) is 28.1. The zero-order chi connectivity index (χ0) is 32.3. The standard InChI is InChI=1S/C34H47F3N2O4Si/c1-25(29-22-28(34(35,36)37)21-26-13-16-39(30(26)29)24-41-19-20-44(5,6)7)42-23-33(27-11-9-8-10-12-27)14-17-38(18-15-33)31(40)43-32(2,3)4/h8-13,16,21-22,25H,14-15,17-20,23-24H2,1-7H3/q-1. The molecule has 1 saturated heterocycles. The molecule has 4 rings (SSSR count). The van der Waals surface area contributed by atoms with Gasteiger partial charge in [-0.25, -0.2) is 4.79 Å². The highest BCUT2D eigenvalue weighted by Crippen LogP contribution is 2.40. The number of carbonyl (C=O) groups is 1. The molecule has 0 aliphatic carbocycles. The van der Waals surface area contributed by atoms with Crippen LogP contribution in [0.4, 0.5) is 18.0 Å². The van der Waals surface area contributed by atoms with Crippen LogP contribution in [0.3, 0.4) is 0 Å². The number of amides is 1. The van der Waals surface area contributed by atoms with E-state index >= 15 is 0 Å². The number of carbonyl (C=O) groups excluding carboxylic acids is 1. The fraction of sp³-hybridized carbons (Fsp3) is 0.559. The summed E-state index contributed by atoms with van der Waals surface area (Å²) in [5, 5.41) is 0.502. The molecule has 2 aromatic carbocycles. The predicted molar refractivity (Wildman–Crippen MR) is 171 cm³/mol. The number of aromatic nitrogens is 1. The minimum atomic E-state index is -4.49. The van der Waals surface area contributed by atoms with Gasteiger partial charge >= 0.3 is 12.3 Å². The van der Waals surface area contributed by atoms with Crippen LogP contribution < -0.4 is 0 Å². The van der Waals surface area contributed by atoms with E-state index in [2.05, 4.69) is 31.8 Å². The van der Waals surface area contributed by atoms with Crippen molar-refractivity contribution in [1.82, 2.24) is 9.47 Å². The monoisotopic (exact) mass is 632 g/mol. The molecule has 3 aromatic rings. The molecule has 1 aliphatic heterocycles. The number of likely N-dealkylation sites (tertiary alicyclic amines) is 1. The SMILES string of the molecule is CC(OCC1(c2ccccc2)CCN(C(=O)OC(C)(C)C)CC1)c1cc(C(F)(F)F)cc2ccn(COCC[Si-](C)(C)C)c12. The van der Waals surface area contributed by atoms with Crippen LogP contribution in [0.5, 0.6) is 0 Å². The first kappa shape index (κ1) is 34.1. The van der Waals surface area contributed by atoms with Crippen molar-refractivity contribution in [2.24, 2.45) is 0 Å². The molecule has 1 fully saturated rings. The summed E-state index contributed by atoms with van der Waals surface area (Å²) in [5.41, 5.74) is 0.559. The molecule has 0 spiro atoms. The van der Waals surface area contributed by atoms with E-state index in [-0.39, 0.29) is 12.8 Å². The molecule has 44 heavy (non-hydrogen) atoms. The summed E-state index contributed by atoms with van der Waals surface area (Å²) in [4.78, 5) is 14.5. The Morgan fingerprint density at radius 3 is 2.27 bits per heavy atom. The molecule has 1 atom stereocenters. The molecule has 243 valence electrons. The summed E-state index contributed by atoms with van der Waals surface area (Å²) in [7, 11) is -1.28. The zero-order valence-electron chi connectivity index (χ0n) is 27.1. The Bertz CT molecular complexity index is 1400. The number of hydrogen-bond donors (Lipinski definition) is 0. The lowest BCUT2D eigenvalue weighted by atomic mass is 9.73. The van der Waals surface area contributed by atoms with E-state index in [9.17, 15) is 18.0 Å². The molecule has 1 unspecified atom stereocenters. The predicted octanol–water partition coefficient (Wildman–Crippen LogP) is 9.02. The summed E-state index contributed by atoms with van der Waals surface area (Å²) in [6.07, 6.45) is -2.39. The van der Waals surface area contributed by atoms with E-state index in [0.29, 0.717) is 55.6 Å². The van der Waals surface area contributed by atoms with E-state index in [1.54, 1.807) is 17.2 Å². The van der Waals surface area contributed by atoms with Gasteiger partial charge in [0.05, 0.1) is 23.8 Å². The number of nitrogens with zero attached hydrogens (tertiary/aromatic N) is 2. The number of ether oxygens (including phenoxy) is 3. The maximum Gasteiger partial charge on any atom is 0.416 e. The second-order valence-corrected chi connectivity index (χ2v) is 19.8. The molecular formula is C34H47F3N2O4Si-. The number of halogens is 3. The van der Waals surface area contributed by atoms with E-state index < -0.39 is 36.9 Å². The normalized spacial score (nSPS) is 16.7. The number of hydrogen-bond acceptors (Lipinski definition) is 4. The molecule has 6 nitrogen and oxygen atoms in total. The lowest BCUT2D eigenvalue weighted by Gasteiger charge is -2.42. The second kappa shape index (κ2) is 13.3. The molecule has 2 heterocycles. The van der Waals surface area contributed by atoms with Crippen LogP contribution >= 0.6 is 0 Å². The average Bonchev–Trinajstić information content (AvgIpc) is 3.35. The Morgan fingerprint density at radius 1 is 1.02 bits per heavy atom. The van der Waals surface area contributed by atoms with Gasteiger partial charge in [0.1, 0.15) is 12.3 Å². The summed E-state index contributed by atoms with van der Waals surface area (Å²) in [6, 6.07) is 15.2. The maximum absolute atomic E-state index is 14.0. The van der Waals surface area contributed by atoms with Gasteiger partial charge in [0.2, 0.25) is 0 Å². The van der Waals surface area contributed by atoms with Gasteiger partial charge in [-0.05, 0) is 64.3 Å². The van der Waals surface area contributed by atoms with Crippen LogP contribution in [0.15, 0.2) is 54.7 Å². The minimum Gasteiger partial charge on any atom is -0.444 e. The van der Waals surface area contributed by atoms with E-state index in [1.165, 1.54) is 12.1 Å². The molecular weight excluding hydrogens is 585 g/mol. The minimum absolute atomic E-state index is 0.257. The maximum atomic E-state index is 14.0. The van der Waals surface area contributed by atoms with Crippen molar-refractivity contribution in [3.63, 3.8) is 0 Å². The van der Waals surface area contributed by atoms with Crippen LogP contribution in [-0.2, 0) is 32.5 Å². The van der Waals surface area contributed by atoms with Crippen LogP contribution in [0.1, 0.15) is 63.3 Å². The Balaban J connectivity index is 1.58. The average molecular weight is 633 g/mol. The molecule has 0 radical (unpaired) electrons. The van der Waals surface area contributed by atoms with Crippen molar-refractivity contribution >= 4 is 25.1 Å². The van der Waals surface area contributed by atoms with Gasteiger partial charge in [0.15, 0.2) is 0 Å². The second-order valence-electron chi connectivity index (χ2n) is 14.2. The smallest absolute Gasteiger partial charge is 0.416 e. The quantitative estimate of drug-likeness (QED) is 0.165. The lowest BCUT2D eigenvalue weighted by molar-refractivity contribution is -0.137. The lowest BCUT2D eigenvalue weighted by Crippen LogP contribution is -2.48. The topological polar surface area (TPSA) is 52.9 Å². The molecule has 0 saturated carbocycles. The van der Waals surface area contributed by atoms with Crippen LogP contribution in [0.25, 0.3) is 10.9 Å². The fourth-order valence-electron chi connectivity index (χ4n) is 5.63. The first-order valence-corrected chi connectivity index (χ1v) is 19.1. The van der Waals surface area contributed by atoms with Crippen molar-refractivity contribution in [3.05, 3.63) is 71.4 Å². The largest absolute Gasteiger partial charge is 0.444 e. The highest BCUT2D eigenvalue weighted by molar-refractivity contribution is 6.76. The van der Waals surface area contributed by atoms with Gasteiger partial charge in [0, 0.05) is 42.3 Å². The van der Waals surface area contributed by atoms with Crippen LogP contribution in [-0.4, -0.2) is 55.5 Å². The Labute approximate surface area is 260 Å². The van der Waals surface area contributed by atoms with Crippen molar-refractivity contribution < 1.29 is 32.2 Å². The van der Waals surface area contributed by atoms with Gasteiger partial charge in [-0.2, -0.15) is 32.8 Å². The summed E-state index contributed by atoms with van der Waals surface area (Å²) in [5.74, 6) is 0. The highest BCUT2D eigenvalue weighted by Gasteiger charge is 2.40. The first-order chi connectivity index (χ1) is 20.5. The fourth-order valence-corrected chi connectivity index (χ4v) is 6.39. The van der Waals surface area contributed by atoms with E-state index in [1.807, 2.05) is 50.5 Å². The van der Waals surface area contributed by atoms with Crippen molar-refractivity contribution in [1.29, 1.82) is 0 Å². The van der Waals surface area contributed by atoms with Gasteiger partial charge in [-0.15, -0.1) is 14.1 Å². The van der Waals surface area contributed by atoms with Gasteiger partial charge < -0.3 is 23.7 Å². The summed E-state index contributed by atoms with van der Waals surface area (Å²) < 4.78 is 61.9. The van der Waals surface area contributed by atoms with Gasteiger partial charge in [-0.3, -0.25) is 0 Å². The number of fused-ring (bicyclic) bond motifs is 1. The third-order valence-electron chi connectivity index (χ3n) is 8.25. The van der Waals surface area contributed by atoms with E-state index in [4.69, 9.17) is 14.2 Å². The van der Waals surface area contributed by atoms with Gasteiger partial charge in [-0.1, -0.05) is 30.3 Å². The molecule has 0 bridgehead atoms. The highest BCUT2D eigenvalue weighted by atomic mass is 28.3. The molecule has 1 amide bonds. The number of benzene rings is 2. The molecule has 0 N–H and O–H groups in total. The number of piperidine rings is 1. The summed E-state index contributed by atoms with van der Waals surface area (Å²) in [6.45, 7) is 16.3. The Hall–Kier alpha value is -2.82.